The number of carbonyl (C=O) groups is 2. The topological polar surface area (TPSA) is 134 Å². The predicted octanol–water partition coefficient (Wildman–Crippen LogP) is 2.83. The Bertz CT molecular complexity index is 1580. The van der Waals surface area contributed by atoms with Gasteiger partial charge in [-0.3, -0.25) is 24.8 Å². The standard InChI is InChI=1S/C28H32FN9O3S2/c1-4-20-24(35(3)26-32-23(21(11-30)42-26)16-5-7-18(29)8-6-16)38-27(31-20)43-28(33-38)36-10-9-19(14-36)34(2)15-22(39)37-12-17(13-37)25(40)41/h5-8,17,19,28,33H,4,9-10,12-15H2,1-3H3,(H,40,41). The van der Waals surface area contributed by atoms with Crippen LogP contribution >= 0.6 is 23.1 Å². The lowest BCUT2D eigenvalue weighted by Gasteiger charge is -2.38. The zero-order valence-corrected chi connectivity index (χ0v) is 25.7. The van der Waals surface area contributed by atoms with E-state index in [0.717, 1.165) is 36.2 Å². The van der Waals surface area contributed by atoms with E-state index in [1.165, 1.54) is 23.5 Å². The van der Waals surface area contributed by atoms with Gasteiger partial charge in [0.15, 0.2) is 16.1 Å². The Morgan fingerprint density at radius 1 is 1.21 bits per heavy atom. The number of thioether (sulfide) groups is 1. The van der Waals surface area contributed by atoms with Crippen LogP contribution in [-0.2, 0) is 16.0 Å². The van der Waals surface area contributed by atoms with Crippen LogP contribution in [0.2, 0.25) is 0 Å². The third-order valence-electron chi connectivity index (χ3n) is 8.24. The van der Waals surface area contributed by atoms with E-state index in [1.54, 1.807) is 28.8 Å². The molecule has 0 spiro atoms. The number of carboxylic acid groups (broad SMARTS) is 1. The van der Waals surface area contributed by atoms with E-state index >= 15 is 0 Å². The summed E-state index contributed by atoms with van der Waals surface area (Å²) in [7, 11) is 3.86. The Kier molecular flexibility index (Phi) is 8.03. The lowest BCUT2D eigenvalue weighted by Crippen LogP contribution is -2.56. The number of aromatic nitrogens is 3. The highest BCUT2D eigenvalue weighted by Crippen LogP contribution is 2.41. The number of nitriles is 1. The van der Waals surface area contributed by atoms with Crippen LogP contribution in [0.25, 0.3) is 11.3 Å². The van der Waals surface area contributed by atoms with Gasteiger partial charge in [-0.05, 0) is 55.9 Å². The molecule has 1 aromatic carbocycles. The van der Waals surface area contributed by atoms with Crippen LogP contribution in [0.4, 0.5) is 15.3 Å². The van der Waals surface area contributed by atoms with E-state index in [0.29, 0.717) is 27.7 Å². The molecule has 0 bridgehead atoms. The SMILES string of the molecule is CCc1nc2n(c1N(C)c1nc(-c3ccc(F)cc3)c(C#N)s1)NC(N1CCC(N(C)CC(=O)N3CC(C(=O)O)C3)C1)S2. The number of anilines is 2. The average molecular weight is 626 g/mol. The Hall–Kier alpha value is -3.71. The molecule has 3 aliphatic heterocycles. The van der Waals surface area contributed by atoms with Gasteiger partial charge in [0, 0.05) is 44.8 Å². The van der Waals surface area contributed by atoms with Gasteiger partial charge in [0.25, 0.3) is 0 Å². The number of nitrogens with one attached hydrogen (secondary N) is 1. The summed E-state index contributed by atoms with van der Waals surface area (Å²) < 4.78 is 15.5. The molecule has 15 heteroatoms. The molecule has 2 N–H and O–H groups in total. The number of fused-ring (bicyclic) bond motifs is 1. The van der Waals surface area contributed by atoms with Crippen LogP contribution in [-0.4, -0.2) is 105 Å². The highest BCUT2D eigenvalue weighted by Gasteiger charge is 2.39. The van der Waals surface area contributed by atoms with Crippen molar-refractivity contribution in [2.45, 2.75) is 36.5 Å². The highest BCUT2D eigenvalue weighted by atomic mass is 32.2. The molecule has 0 aliphatic carbocycles. The van der Waals surface area contributed by atoms with E-state index < -0.39 is 11.9 Å². The first-order chi connectivity index (χ1) is 20.7. The van der Waals surface area contributed by atoms with Gasteiger partial charge in [0.05, 0.1) is 18.2 Å². The summed E-state index contributed by atoms with van der Waals surface area (Å²) in [6.07, 6.45) is 1.63. The van der Waals surface area contributed by atoms with E-state index in [2.05, 4.69) is 21.3 Å². The van der Waals surface area contributed by atoms with E-state index in [4.69, 9.17) is 15.1 Å². The van der Waals surface area contributed by atoms with Crippen molar-refractivity contribution >= 4 is 45.9 Å². The summed E-state index contributed by atoms with van der Waals surface area (Å²) in [6, 6.07) is 8.41. The van der Waals surface area contributed by atoms with Crippen molar-refractivity contribution in [2.75, 3.05) is 57.1 Å². The van der Waals surface area contributed by atoms with Crippen molar-refractivity contribution in [2.24, 2.45) is 5.92 Å². The Balaban J connectivity index is 1.13. The van der Waals surface area contributed by atoms with E-state index in [9.17, 15) is 19.2 Å². The summed E-state index contributed by atoms with van der Waals surface area (Å²) >= 11 is 2.92. The third kappa shape index (κ3) is 5.55. The molecule has 43 heavy (non-hydrogen) atoms. The fraction of sp³-hybridized carbons (Fsp3) is 0.464. The summed E-state index contributed by atoms with van der Waals surface area (Å²) in [4.78, 5) is 41.8. The molecule has 2 unspecified atom stereocenters. The smallest absolute Gasteiger partial charge is 0.310 e. The van der Waals surface area contributed by atoms with Crippen LogP contribution in [0, 0.1) is 23.1 Å². The fourth-order valence-electron chi connectivity index (χ4n) is 5.65. The first-order valence-electron chi connectivity index (χ1n) is 14.1. The molecular weight excluding hydrogens is 594 g/mol. The minimum Gasteiger partial charge on any atom is -0.481 e. The molecule has 1 amide bonds. The van der Waals surface area contributed by atoms with Crippen molar-refractivity contribution in [1.82, 2.24) is 29.3 Å². The Morgan fingerprint density at radius 2 is 1.95 bits per heavy atom. The largest absolute Gasteiger partial charge is 0.481 e. The first-order valence-corrected chi connectivity index (χ1v) is 15.8. The van der Waals surface area contributed by atoms with Crippen molar-refractivity contribution in [3.8, 4) is 17.3 Å². The molecule has 2 fully saturated rings. The van der Waals surface area contributed by atoms with Gasteiger partial charge in [0.1, 0.15) is 28.0 Å². The number of halogens is 1. The van der Waals surface area contributed by atoms with Crippen molar-refractivity contribution in [1.29, 1.82) is 5.26 Å². The number of likely N-dealkylation sites (N-methyl/N-ethyl adjacent to an activating group) is 1. The summed E-state index contributed by atoms with van der Waals surface area (Å²) in [6.45, 7) is 4.53. The molecular formula is C28H32FN9O3S2. The zero-order valence-electron chi connectivity index (χ0n) is 24.0. The molecule has 2 atom stereocenters. The average Bonchev–Trinajstić information content (AvgIpc) is 3.74. The maximum Gasteiger partial charge on any atom is 0.310 e. The van der Waals surface area contributed by atoms with E-state index in [1.807, 2.05) is 30.6 Å². The van der Waals surface area contributed by atoms with Gasteiger partial charge in [0.2, 0.25) is 5.91 Å². The second kappa shape index (κ2) is 11.8. The number of thiazole rings is 1. The maximum absolute atomic E-state index is 13.5. The van der Waals surface area contributed by atoms with Crippen LogP contribution in [0.5, 0.6) is 0 Å². The molecule has 0 radical (unpaired) electrons. The number of nitrogens with zero attached hydrogens (tertiary/aromatic N) is 8. The number of aryl methyl sites for hydroxylation is 1. The number of aliphatic carboxylic acids is 1. The predicted molar refractivity (Wildman–Crippen MR) is 161 cm³/mol. The fourth-order valence-corrected chi connectivity index (χ4v) is 7.60. The molecule has 5 heterocycles. The van der Waals surface area contributed by atoms with Gasteiger partial charge in [-0.1, -0.05) is 18.3 Å². The molecule has 12 nitrogen and oxygen atoms in total. The van der Waals surface area contributed by atoms with Crippen molar-refractivity contribution in [3.05, 3.63) is 40.7 Å². The third-order valence-corrected chi connectivity index (χ3v) is 10.4. The van der Waals surface area contributed by atoms with Crippen LogP contribution < -0.4 is 10.3 Å². The number of likely N-dealkylation sites (tertiary alicyclic amines) is 2. The van der Waals surface area contributed by atoms with Gasteiger partial charge in [-0.2, -0.15) is 5.26 Å². The number of hydrogen-bond donors (Lipinski definition) is 2. The minimum atomic E-state index is -0.848. The number of hydrogen-bond acceptors (Lipinski definition) is 11. The van der Waals surface area contributed by atoms with Crippen molar-refractivity contribution < 1.29 is 19.1 Å². The summed E-state index contributed by atoms with van der Waals surface area (Å²) in [5, 5.41) is 20.4. The van der Waals surface area contributed by atoms with Crippen LogP contribution in [0.1, 0.15) is 23.9 Å². The Labute approximate surface area is 256 Å². The zero-order chi connectivity index (χ0) is 30.4. The first kappa shape index (κ1) is 29.4. The summed E-state index contributed by atoms with van der Waals surface area (Å²) in [5.41, 5.74) is 5.67. The summed E-state index contributed by atoms with van der Waals surface area (Å²) in [5.74, 6) is -0.826. The van der Waals surface area contributed by atoms with Gasteiger partial charge in [-0.15, -0.1) is 0 Å². The Morgan fingerprint density at radius 3 is 2.63 bits per heavy atom. The number of benzene rings is 1. The monoisotopic (exact) mass is 625 g/mol. The molecule has 3 aromatic rings. The number of rotatable bonds is 9. The molecule has 0 saturated carbocycles. The normalized spacial score (nSPS) is 20.1. The van der Waals surface area contributed by atoms with Gasteiger partial charge < -0.3 is 14.9 Å². The van der Waals surface area contributed by atoms with Gasteiger partial charge >= 0.3 is 5.97 Å². The lowest BCUT2D eigenvalue weighted by atomic mass is 10.0. The highest BCUT2D eigenvalue weighted by molar-refractivity contribution is 8.00. The molecule has 6 rings (SSSR count). The molecule has 3 aliphatic rings. The number of amides is 1. The molecule has 2 aromatic heterocycles. The minimum absolute atomic E-state index is 0.0314. The number of imidazole rings is 1. The van der Waals surface area contributed by atoms with Gasteiger partial charge in [-0.25, -0.2) is 19.0 Å². The second-order valence-corrected chi connectivity index (χ2v) is 13.0. The van der Waals surface area contributed by atoms with Crippen LogP contribution in [0.3, 0.4) is 0 Å². The van der Waals surface area contributed by atoms with Crippen molar-refractivity contribution in [3.63, 3.8) is 0 Å². The lowest BCUT2D eigenvalue weighted by molar-refractivity contribution is -0.153. The molecule has 2 saturated heterocycles. The maximum atomic E-state index is 13.5. The van der Waals surface area contributed by atoms with E-state index in [-0.39, 0.29) is 42.9 Å². The quantitative estimate of drug-likeness (QED) is 0.364. The number of carbonyl (C=O) groups excluding carboxylic acids is 1. The molecule has 226 valence electrons. The van der Waals surface area contributed by atoms with Crippen LogP contribution in [0.15, 0.2) is 29.4 Å². The number of carboxylic acids is 1. The second-order valence-electron chi connectivity index (χ2n) is 11.0.